The zero-order chi connectivity index (χ0) is 12.0. The van der Waals surface area contributed by atoms with Crippen molar-refractivity contribution in [2.24, 2.45) is 0 Å². The maximum Gasteiger partial charge on any atom is 0.222 e. The zero-order valence-corrected chi connectivity index (χ0v) is 11.3. The van der Waals surface area contributed by atoms with Crippen molar-refractivity contribution in [1.82, 2.24) is 9.88 Å². The van der Waals surface area contributed by atoms with Gasteiger partial charge in [0.1, 0.15) is 0 Å². The average Bonchev–Trinajstić information content (AvgIpc) is 2.64. The van der Waals surface area contributed by atoms with E-state index < -0.39 is 0 Å². The molecule has 0 N–H and O–H groups in total. The monoisotopic (exact) mass is 260 g/mol. The second-order valence-corrected chi connectivity index (χ2v) is 5.44. The minimum Gasteiger partial charge on any atom is -0.341 e. The van der Waals surface area contributed by atoms with Crippen molar-refractivity contribution in [3.63, 3.8) is 0 Å². The van der Waals surface area contributed by atoms with Crippen molar-refractivity contribution in [3.8, 4) is 0 Å². The van der Waals surface area contributed by atoms with Gasteiger partial charge in [-0.3, -0.25) is 4.79 Å². The number of hydrogen-bond acceptors (Lipinski definition) is 3. The van der Waals surface area contributed by atoms with E-state index in [1.807, 2.05) is 20.2 Å². The van der Waals surface area contributed by atoms with E-state index in [0.29, 0.717) is 18.8 Å². The van der Waals surface area contributed by atoms with Crippen LogP contribution in [-0.4, -0.2) is 28.7 Å². The van der Waals surface area contributed by atoms with Crippen molar-refractivity contribution < 1.29 is 4.79 Å². The number of rotatable bonds is 6. The summed E-state index contributed by atoms with van der Waals surface area (Å²) in [7, 11) is 1.83. The van der Waals surface area contributed by atoms with E-state index in [-0.39, 0.29) is 5.91 Å². The minimum absolute atomic E-state index is 0.177. The smallest absolute Gasteiger partial charge is 0.222 e. The number of aryl methyl sites for hydroxylation is 1. The first kappa shape index (κ1) is 13.5. The molecule has 0 bridgehead atoms. The predicted molar refractivity (Wildman–Crippen MR) is 67.9 cm³/mol. The number of carbonyl (C=O) groups is 1. The maximum absolute atomic E-state index is 11.7. The van der Waals surface area contributed by atoms with Crippen LogP contribution >= 0.6 is 22.9 Å². The molecule has 0 unspecified atom stereocenters. The van der Waals surface area contributed by atoms with Crippen LogP contribution in [0.1, 0.15) is 29.1 Å². The molecule has 1 rings (SSSR count). The number of aromatic nitrogens is 1. The van der Waals surface area contributed by atoms with Gasteiger partial charge in [-0.1, -0.05) is 0 Å². The lowest BCUT2D eigenvalue weighted by Crippen LogP contribution is -2.25. The lowest BCUT2D eigenvalue weighted by molar-refractivity contribution is -0.130. The maximum atomic E-state index is 11.7. The molecule has 1 aromatic rings. The second-order valence-electron chi connectivity index (χ2n) is 3.74. The number of carbonyl (C=O) groups excluding carboxylic acids is 1. The highest BCUT2D eigenvalue weighted by molar-refractivity contribution is 7.11. The third kappa shape index (κ3) is 4.49. The van der Waals surface area contributed by atoms with E-state index in [1.165, 1.54) is 0 Å². The fourth-order valence-corrected chi connectivity index (χ4v) is 2.40. The molecule has 3 nitrogen and oxygen atoms in total. The molecule has 16 heavy (non-hydrogen) atoms. The van der Waals surface area contributed by atoms with E-state index in [2.05, 4.69) is 4.98 Å². The van der Waals surface area contributed by atoms with Gasteiger partial charge in [0.05, 0.1) is 11.6 Å². The molecule has 0 saturated heterocycles. The number of alkyl halides is 1. The van der Waals surface area contributed by atoms with Gasteiger partial charge in [0, 0.05) is 30.4 Å². The Morgan fingerprint density at radius 3 is 2.88 bits per heavy atom. The predicted octanol–water partition coefficient (Wildman–Crippen LogP) is 2.82. The Balaban J connectivity index is 2.34. The molecule has 0 aliphatic heterocycles. The molecular weight excluding hydrogens is 244 g/mol. The van der Waals surface area contributed by atoms with Crippen LogP contribution in [0.4, 0.5) is 0 Å². The van der Waals surface area contributed by atoms with Gasteiger partial charge in [0.25, 0.3) is 0 Å². The van der Waals surface area contributed by atoms with Crippen LogP contribution in [0.2, 0.25) is 0 Å². The van der Waals surface area contributed by atoms with Gasteiger partial charge in [0.2, 0.25) is 5.91 Å². The van der Waals surface area contributed by atoms with E-state index in [4.69, 9.17) is 11.6 Å². The molecule has 0 aromatic carbocycles. The summed E-state index contributed by atoms with van der Waals surface area (Å²) in [6, 6.07) is 0. The summed E-state index contributed by atoms with van der Waals surface area (Å²) in [6.07, 6.45) is 4.19. The summed E-state index contributed by atoms with van der Waals surface area (Å²) in [4.78, 5) is 18.7. The number of nitrogens with zero attached hydrogens (tertiary/aromatic N) is 2. The highest BCUT2D eigenvalue weighted by Crippen LogP contribution is 2.14. The number of thiazole rings is 1. The van der Waals surface area contributed by atoms with Gasteiger partial charge in [-0.15, -0.1) is 22.9 Å². The van der Waals surface area contributed by atoms with Gasteiger partial charge < -0.3 is 4.90 Å². The molecule has 0 saturated carbocycles. The second kappa shape index (κ2) is 6.86. The van der Waals surface area contributed by atoms with Crippen molar-refractivity contribution in [1.29, 1.82) is 0 Å². The van der Waals surface area contributed by atoms with Gasteiger partial charge in [0.15, 0.2) is 0 Å². The van der Waals surface area contributed by atoms with Crippen LogP contribution in [0.3, 0.4) is 0 Å². The van der Waals surface area contributed by atoms with E-state index >= 15 is 0 Å². The lowest BCUT2D eigenvalue weighted by atomic mass is 10.2. The molecule has 1 heterocycles. The third-order valence-electron chi connectivity index (χ3n) is 2.26. The summed E-state index contributed by atoms with van der Waals surface area (Å²) < 4.78 is 0. The molecule has 0 radical (unpaired) electrons. The normalized spacial score (nSPS) is 10.4. The Kier molecular flexibility index (Phi) is 5.77. The Hall–Kier alpha value is -0.610. The molecule has 0 atom stereocenters. The summed E-state index contributed by atoms with van der Waals surface area (Å²) in [5, 5.41) is 1.04. The van der Waals surface area contributed by atoms with Crippen LogP contribution in [0, 0.1) is 6.92 Å². The summed E-state index contributed by atoms with van der Waals surface area (Å²) in [5.74, 6) is 0.807. The first-order valence-electron chi connectivity index (χ1n) is 5.34. The number of unbranched alkanes of at least 4 members (excludes halogenated alkanes) is 1. The van der Waals surface area contributed by atoms with Crippen molar-refractivity contribution in [2.45, 2.75) is 32.7 Å². The number of hydrogen-bond donors (Lipinski definition) is 0. The molecule has 1 amide bonds. The van der Waals surface area contributed by atoms with Gasteiger partial charge in [-0.05, 0) is 19.8 Å². The molecule has 0 spiro atoms. The van der Waals surface area contributed by atoms with Crippen molar-refractivity contribution in [2.75, 3.05) is 12.9 Å². The summed E-state index contributed by atoms with van der Waals surface area (Å²) in [5.41, 5.74) is 0. The Labute approximate surface area is 105 Å². The highest BCUT2D eigenvalue weighted by Gasteiger charge is 2.09. The van der Waals surface area contributed by atoms with E-state index in [1.54, 1.807) is 16.2 Å². The molecule has 0 fully saturated rings. The minimum atomic E-state index is 0.177. The Morgan fingerprint density at radius 2 is 2.31 bits per heavy atom. The van der Waals surface area contributed by atoms with Gasteiger partial charge in [-0.25, -0.2) is 4.98 Å². The molecule has 1 aromatic heterocycles. The fraction of sp³-hybridized carbons (Fsp3) is 0.636. The van der Waals surface area contributed by atoms with Crippen LogP contribution in [-0.2, 0) is 11.3 Å². The Morgan fingerprint density at radius 1 is 1.56 bits per heavy atom. The van der Waals surface area contributed by atoms with Crippen molar-refractivity contribution >= 4 is 28.8 Å². The Bertz CT molecular complexity index is 340. The zero-order valence-electron chi connectivity index (χ0n) is 9.70. The van der Waals surface area contributed by atoms with Crippen LogP contribution in [0.15, 0.2) is 6.20 Å². The first-order valence-corrected chi connectivity index (χ1v) is 6.70. The fourth-order valence-electron chi connectivity index (χ4n) is 1.36. The quantitative estimate of drug-likeness (QED) is 0.582. The molecule has 90 valence electrons. The SMILES string of the molecule is Cc1ncc(CN(C)C(=O)CCCCCl)s1. The van der Waals surface area contributed by atoms with E-state index in [0.717, 1.165) is 22.7 Å². The van der Waals surface area contributed by atoms with Gasteiger partial charge in [-0.2, -0.15) is 0 Å². The average molecular weight is 261 g/mol. The molecular formula is C11H17ClN2OS. The summed E-state index contributed by atoms with van der Waals surface area (Å²) in [6.45, 7) is 2.63. The lowest BCUT2D eigenvalue weighted by Gasteiger charge is -2.15. The van der Waals surface area contributed by atoms with Crippen LogP contribution in [0.25, 0.3) is 0 Å². The molecule has 0 aliphatic carbocycles. The van der Waals surface area contributed by atoms with Crippen LogP contribution in [0.5, 0.6) is 0 Å². The molecule has 5 heteroatoms. The number of halogens is 1. The highest BCUT2D eigenvalue weighted by atomic mass is 35.5. The van der Waals surface area contributed by atoms with Gasteiger partial charge >= 0.3 is 0 Å². The first-order chi connectivity index (χ1) is 7.63. The standard InChI is InChI=1S/C11H17ClN2OS/c1-9-13-7-10(16-9)8-14(2)11(15)5-3-4-6-12/h7H,3-6,8H2,1-2H3. The third-order valence-corrected chi connectivity index (χ3v) is 3.43. The number of amides is 1. The van der Waals surface area contributed by atoms with Crippen LogP contribution < -0.4 is 0 Å². The van der Waals surface area contributed by atoms with Crippen molar-refractivity contribution in [3.05, 3.63) is 16.1 Å². The largest absolute Gasteiger partial charge is 0.341 e. The summed E-state index contributed by atoms with van der Waals surface area (Å²) >= 11 is 7.20. The molecule has 0 aliphatic rings. The topological polar surface area (TPSA) is 33.2 Å². The van der Waals surface area contributed by atoms with E-state index in [9.17, 15) is 4.79 Å².